The molecule has 0 amide bonds. The van der Waals surface area contributed by atoms with Gasteiger partial charge in [-0.3, -0.25) is 9.59 Å². The molecule has 0 aromatic heterocycles. The van der Waals surface area contributed by atoms with Gasteiger partial charge >= 0.3 is 11.9 Å². The first-order valence-electron chi connectivity index (χ1n) is 10.8. The van der Waals surface area contributed by atoms with Crippen LogP contribution in [0, 0.1) is 0 Å². The molecule has 0 aliphatic rings. The van der Waals surface area contributed by atoms with E-state index >= 15 is 0 Å². The zero-order valence-electron chi connectivity index (χ0n) is 18.7. The maximum atomic E-state index is 11.5. The number of carbonyl (C=O) groups is 2. The standard InChI is InChI=1S/C21H40O9/c1-3-4-5-6-7-21(23)30-19-18-29-17-16-28-15-14-27-13-12-26-11-10-25-9-8-20(22)24-2/h3-19H2,1-2H3. The van der Waals surface area contributed by atoms with Gasteiger partial charge in [0.05, 0.1) is 79.6 Å². The first-order chi connectivity index (χ1) is 14.7. The maximum absolute atomic E-state index is 11.5. The summed E-state index contributed by atoms with van der Waals surface area (Å²) in [7, 11) is 1.35. The Hall–Kier alpha value is -1.26. The van der Waals surface area contributed by atoms with E-state index in [1.54, 1.807) is 0 Å². The smallest absolute Gasteiger partial charge is 0.307 e. The Morgan fingerprint density at radius 1 is 0.533 bits per heavy atom. The van der Waals surface area contributed by atoms with Crippen molar-refractivity contribution in [1.82, 2.24) is 0 Å². The molecule has 9 nitrogen and oxygen atoms in total. The van der Waals surface area contributed by atoms with E-state index in [4.69, 9.17) is 28.4 Å². The third-order valence-corrected chi connectivity index (χ3v) is 3.89. The molecule has 0 N–H and O–H groups in total. The molecule has 0 fully saturated rings. The fourth-order valence-corrected chi connectivity index (χ4v) is 2.22. The van der Waals surface area contributed by atoms with Gasteiger partial charge in [-0.05, 0) is 6.42 Å². The van der Waals surface area contributed by atoms with Crippen molar-refractivity contribution in [3.8, 4) is 0 Å². The number of carbonyl (C=O) groups excluding carboxylic acids is 2. The summed E-state index contributed by atoms with van der Waals surface area (Å²) in [4.78, 5) is 22.3. The van der Waals surface area contributed by atoms with Crippen LogP contribution in [0.2, 0.25) is 0 Å². The number of methoxy groups -OCH3 is 1. The molecule has 0 spiro atoms. The Bertz CT molecular complexity index is 391. The predicted molar refractivity (Wildman–Crippen MR) is 110 cm³/mol. The summed E-state index contributed by atoms with van der Waals surface area (Å²) in [6.45, 7) is 6.84. The van der Waals surface area contributed by atoms with Crippen molar-refractivity contribution in [2.75, 3.05) is 79.8 Å². The molecule has 0 bridgehead atoms. The molecule has 0 unspecified atom stereocenters. The second-order valence-electron chi connectivity index (χ2n) is 6.42. The molecule has 0 saturated heterocycles. The lowest BCUT2D eigenvalue weighted by molar-refractivity contribution is -0.145. The Balaban J connectivity index is 3.11. The molecule has 0 rings (SSSR count). The van der Waals surface area contributed by atoms with Crippen molar-refractivity contribution >= 4 is 11.9 Å². The van der Waals surface area contributed by atoms with E-state index in [1.807, 2.05) is 0 Å². The number of hydrogen-bond donors (Lipinski definition) is 0. The van der Waals surface area contributed by atoms with Crippen LogP contribution in [0.4, 0.5) is 0 Å². The van der Waals surface area contributed by atoms with Crippen LogP contribution < -0.4 is 0 Å². The van der Waals surface area contributed by atoms with Gasteiger partial charge in [0.15, 0.2) is 0 Å². The van der Waals surface area contributed by atoms with Crippen molar-refractivity contribution in [1.29, 1.82) is 0 Å². The van der Waals surface area contributed by atoms with Gasteiger partial charge in [-0.2, -0.15) is 0 Å². The second kappa shape index (κ2) is 24.0. The Morgan fingerprint density at radius 2 is 1.00 bits per heavy atom. The molecule has 9 heteroatoms. The predicted octanol–water partition coefficient (Wildman–Crippen LogP) is 2.15. The highest BCUT2D eigenvalue weighted by Crippen LogP contribution is 2.03. The quantitative estimate of drug-likeness (QED) is 0.176. The molecule has 0 aliphatic heterocycles. The van der Waals surface area contributed by atoms with Crippen LogP contribution in [-0.2, 0) is 42.7 Å². The van der Waals surface area contributed by atoms with Crippen LogP contribution >= 0.6 is 0 Å². The zero-order chi connectivity index (χ0) is 22.1. The number of ether oxygens (including phenoxy) is 7. The van der Waals surface area contributed by atoms with Gasteiger partial charge in [0.25, 0.3) is 0 Å². The summed E-state index contributed by atoms with van der Waals surface area (Å²) in [6, 6.07) is 0. The summed E-state index contributed by atoms with van der Waals surface area (Å²) in [5.74, 6) is -0.440. The Morgan fingerprint density at radius 3 is 1.47 bits per heavy atom. The number of unbranched alkanes of at least 4 members (excludes halogenated alkanes) is 3. The lowest BCUT2D eigenvalue weighted by atomic mass is 10.2. The van der Waals surface area contributed by atoms with E-state index in [0.717, 1.165) is 25.7 Å². The largest absolute Gasteiger partial charge is 0.469 e. The fraction of sp³-hybridized carbons (Fsp3) is 0.905. The van der Waals surface area contributed by atoms with Gasteiger partial charge in [-0.25, -0.2) is 0 Å². The summed E-state index contributed by atoms with van der Waals surface area (Å²) in [5, 5.41) is 0. The molecule has 0 heterocycles. The van der Waals surface area contributed by atoms with Crippen molar-refractivity contribution < 1.29 is 42.7 Å². The van der Waals surface area contributed by atoms with Crippen molar-refractivity contribution in [2.24, 2.45) is 0 Å². The minimum absolute atomic E-state index is 0.154. The average molecular weight is 437 g/mol. The lowest BCUT2D eigenvalue weighted by Crippen LogP contribution is -2.15. The average Bonchev–Trinajstić information content (AvgIpc) is 2.75. The summed E-state index contributed by atoms with van der Waals surface area (Å²) in [6.07, 6.45) is 5.01. The number of esters is 2. The van der Waals surface area contributed by atoms with Crippen LogP contribution in [0.3, 0.4) is 0 Å². The Labute approximate surface area is 180 Å². The number of rotatable bonds is 23. The maximum Gasteiger partial charge on any atom is 0.307 e. The van der Waals surface area contributed by atoms with Crippen LogP contribution in [0.25, 0.3) is 0 Å². The number of hydrogen-bond acceptors (Lipinski definition) is 9. The highest BCUT2D eigenvalue weighted by Gasteiger charge is 2.02. The highest BCUT2D eigenvalue weighted by molar-refractivity contribution is 5.69. The van der Waals surface area contributed by atoms with Crippen molar-refractivity contribution in [2.45, 2.75) is 45.4 Å². The first kappa shape index (κ1) is 28.7. The highest BCUT2D eigenvalue weighted by atomic mass is 16.6. The SMILES string of the molecule is CCCCCCC(=O)OCCOCCOCCOCCOCCOCCC(=O)OC. The van der Waals surface area contributed by atoms with Gasteiger partial charge in [0.1, 0.15) is 6.61 Å². The molecule has 0 saturated carbocycles. The van der Waals surface area contributed by atoms with Gasteiger partial charge in [-0.1, -0.05) is 26.2 Å². The summed E-state index contributed by atoms with van der Waals surface area (Å²) in [5.41, 5.74) is 0. The summed E-state index contributed by atoms with van der Waals surface area (Å²) >= 11 is 0. The van der Waals surface area contributed by atoms with Crippen LogP contribution in [0.1, 0.15) is 45.4 Å². The molecule has 0 atom stereocenters. The minimum atomic E-state index is -0.285. The van der Waals surface area contributed by atoms with E-state index in [-0.39, 0.29) is 25.0 Å². The molecular formula is C21H40O9. The van der Waals surface area contributed by atoms with E-state index < -0.39 is 0 Å². The lowest BCUT2D eigenvalue weighted by Gasteiger charge is -2.08. The topological polar surface area (TPSA) is 98.8 Å². The van der Waals surface area contributed by atoms with Gasteiger partial charge in [0, 0.05) is 6.42 Å². The van der Waals surface area contributed by atoms with Crippen molar-refractivity contribution in [3.63, 3.8) is 0 Å². The minimum Gasteiger partial charge on any atom is -0.469 e. The molecule has 0 aromatic rings. The first-order valence-corrected chi connectivity index (χ1v) is 10.8. The molecule has 0 aliphatic carbocycles. The monoisotopic (exact) mass is 436 g/mol. The summed E-state index contributed by atoms with van der Waals surface area (Å²) < 4.78 is 36.3. The van der Waals surface area contributed by atoms with Crippen LogP contribution in [0.15, 0.2) is 0 Å². The second-order valence-corrected chi connectivity index (χ2v) is 6.42. The van der Waals surface area contributed by atoms with E-state index in [1.165, 1.54) is 7.11 Å². The normalized spacial score (nSPS) is 10.9. The van der Waals surface area contributed by atoms with E-state index in [2.05, 4.69) is 11.7 Å². The third kappa shape index (κ3) is 23.0. The van der Waals surface area contributed by atoms with Crippen molar-refractivity contribution in [3.05, 3.63) is 0 Å². The molecule has 0 aromatic carbocycles. The van der Waals surface area contributed by atoms with E-state index in [0.29, 0.717) is 72.5 Å². The van der Waals surface area contributed by atoms with Gasteiger partial charge in [-0.15, -0.1) is 0 Å². The van der Waals surface area contributed by atoms with Crippen LogP contribution in [0.5, 0.6) is 0 Å². The molecular weight excluding hydrogens is 396 g/mol. The third-order valence-electron chi connectivity index (χ3n) is 3.89. The Kier molecular flexibility index (Phi) is 23.0. The van der Waals surface area contributed by atoms with Crippen LogP contribution in [-0.4, -0.2) is 91.7 Å². The zero-order valence-corrected chi connectivity index (χ0v) is 18.7. The molecule has 178 valence electrons. The molecule has 30 heavy (non-hydrogen) atoms. The molecule has 0 radical (unpaired) electrons. The van der Waals surface area contributed by atoms with Gasteiger partial charge < -0.3 is 33.2 Å². The fourth-order valence-electron chi connectivity index (χ4n) is 2.22. The van der Waals surface area contributed by atoms with Gasteiger partial charge in [0.2, 0.25) is 0 Å². The van der Waals surface area contributed by atoms with E-state index in [9.17, 15) is 9.59 Å².